The van der Waals surface area contributed by atoms with E-state index in [2.05, 4.69) is 25.2 Å². The number of rotatable bonds is 5. The van der Waals surface area contributed by atoms with Crippen LogP contribution in [0.2, 0.25) is 0 Å². The van der Waals surface area contributed by atoms with Crippen molar-refractivity contribution in [1.29, 1.82) is 0 Å². The van der Waals surface area contributed by atoms with Crippen LogP contribution in [-0.2, 0) is 0 Å². The van der Waals surface area contributed by atoms with Crippen LogP contribution in [0.4, 0.5) is 14.5 Å². The highest BCUT2D eigenvalue weighted by Crippen LogP contribution is 2.20. The Morgan fingerprint density at radius 3 is 2.62 bits per heavy atom. The molecule has 0 saturated carbocycles. The lowest BCUT2D eigenvalue weighted by molar-refractivity contribution is -0.0498. The van der Waals surface area contributed by atoms with Crippen molar-refractivity contribution in [2.24, 2.45) is 0 Å². The number of hydrogen-bond donors (Lipinski definition) is 2. The smallest absolute Gasteiger partial charge is 0.387 e. The fourth-order valence-electron chi connectivity index (χ4n) is 2.08. The van der Waals surface area contributed by atoms with Crippen LogP contribution in [-0.4, -0.2) is 27.7 Å². The van der Waals surface area contributed by atoms with E-state index in [1.165, 1.54) is 30.6 Å². The molecule has 0 aliphatic rings. The van der Waals surface area contributed by atoms with Gasteiger partial charge in [0.05, 0.1) is 0 Å². The van der Waals surface area contributed by atoms with Crippen LogP contribution < -0.4 is 10.1 Å². The topological polar surface area (TPSA) is 79.9 Å². The molecule has 122 valence electrons. The summed E-state index contributed by atoms with van der Waals surface area (Å²) in [6, 6.07) is 12.5. The third-order valence-electron chi connectivity index (χ3n) is 3.15. The minimum absolute atomic E-state index is 0.00568. The van der Waals surface area contributed by atoms with E-state index in [0.717, 1.165) is 5.56 Å². The fourth-order valence-corrected chi connectivity index (χ4v) is 2.08. The van der Waals surface area contributed by atoms with E-state index in [1.54, 1.807) is 18.2 Å². The zero-order valence-electron chi connectivity index (χ0n) is 12.2. The monoisotopic (exact) mass is 330 g/mol. The largest absolute Gasteiger partial charge is 0.435 e. The van der Waals surface area contributed by atoms with Gasteiger partial charge in [-0.05, 0) is 36.4 Å². The molecule has 0 saturated heterocycles. The predicted molar refractivity (Wildman–Crippen MR) is 82.8 cm³/mol. The summed E-state index contributed by atoms with van der Waals surface area (Å²) in [6.07, 6.45) is 1.39. The number of hydrogen-bond acceptors (Lipinski definition) is 4. The SMILES string of the molecule is O=C(Nc1cccc(-c2ncn[nH]2)c1)c1ccc(OC(F)F)cc1. The highest BCUT2D eigenvalue weighted by molar-refractivity contribution is 6.04. The molecule has 0 bridgehead atoms. The van der Waals surface area contributed by atoms with Gasteiger partial charge in [0.25, 0.3) is 5.91 Å². The van der Waals surface area contributed by atoms with Crippen molar-refractivity contribution >= 4 is 11.6 Å². The summed E-state index contributed by atoms with van der Waals surface area (Å²) in [6.45, 7) is -2.90. The van der Waals surface area contributed by atoms with Crippen LogP contribution in [0.25, 0.3) is 11.4 Å². The highest BCUT2D eigenvalue weighted by atomic mass is 19.3. The lowest BCUT2D eigenvalue weighted by atomic mass is 10.1. The summed E-state index contributed by atoms with van der Waals surface area (Å²) in [7, 11) is 0. The summed E-state index contributed by atoms with van der Waals surface area (Å²) in [5.74, 6) is 0.210. The number of carbonyl (C=O) groups is 1. The van der Waals surface area contributed by atoms with Gasteiger partial charge in [-0.1, -0.05) is 12.1 Å². The van der Waals surface area contributed by atoms with Crippen molar-refractivity contribution in [3.05, 3.63) is 60.4 Å². The average Bonchev–Trinajstić information content (AvgIpc) is 3.10. The second kappa shape index (κ2) is 6.86. The quantitative estimate of drug-likeness (QED) is 0.752. The van der Waals surface area contributed by atoms with Crippen molar-refractivity contribution in [1.82, 2.24) is 15.2 Å². The van der Waals surface area contributed by atoms with Gasteiger partial charge in [0.15, 0.2) is 5.82 Å². The molecule has 0 aliphatic heterocycles. The van der Waals surface area contributed by atoms with E-state index in [4.69, 9.17) is 0 Å². The Morgan fingerprint density at radius 2 is 1.96 bits per heavy atom. The maximum Gasteiger partial charge on any atom is 0.387 e. The first kappa shape index (κ1) is 15.6. The molecule has 6 nitrogen and oxygen atoms in total. The van der Waals surface area contributed by atoms with Crippen molar-refractivity contribution in [2.45, 2.75) is 6.61 Å². The summed E-state index contributed by atoms with van der Waals surface area (Å²) in [5, 5.41) is 9.25. The number of nitrogens with one attached hydrogen (secondary N) is 2. The number of anilines is 1. The molecule has 0 fully saturated rings. The molecule has 1 heterocycles. The molecule has 24 heavy (non-hydrogen) atoms. The molecule has 8 heteroatoms. The number of alkyl halides is 2. The van der Waals surface area contributed by atoms with Crippen molar-refractivity contribution in [3.63, 3.8) is 0 Å². The number of amides is 1. The van der Waals surface area contributed by atoms with Gasteiger partial charge in [0.2, 0.25) is 0 Å². The van der Waals surface area contributed by atoms with Gasteiger partial charge in [-0.2, -0.15) is 13.9 Å². The van der Waals surface area contributed by atoms with Gasteiger partial charge >= 0.3 is 6.61 Å². The van der Waals surface area contributed by atoms with Gasteiger partial charge in [0, 0.05) is 16.8 Å². The minimum Gasteiger partial charge on any atom is -0.435 e. The van der Waals surface area contributed by atoms with Gasteiger partial charge < -0.3 is 10.1 Å². The standard InChI is InChI=1S/C16H12F2N4O2/c17-16(18)24-13-6-4-10(5-7-13)15(23)21-12-3-1-2-11(8-12)14-19-9-20-22-14/h1-9,16H,(H,21,23)(H,19,20,22). The van der Waals surface area contributed by atoms with Gasteiger partial charge in [-0.25, -0.2) is 4.98 Å². The Hall–Kier alpha value is -3.29. The molecule has 0 unspecified atom stereocenters. The third kappa shape index (κ3) is 3.72. The molecule has 0 radical (unpaired) electrons. The third-order valence-corrected chi connectivity index (χ3v) is 3.15. The van der Waals surface area contributed by atoms with E-state index in [1.807, 2.05) is 6.07 Å². The second-order valence-electron chi connectivity index (χ2n) is 4.77. The molecule has 0 spiro atoms. The lowest BCUT2D eigenvalue weighted by Crippen LogP contribution is -2.12. The molecule has 3 rings (SSSR count). The predicted octanol–water partition coefficient (Wildman–Crippen LogP) is 3.33. The first-order chi connectivity index (χ1) is 11.6. The van der Waals surface area contributed by atoms with E-state index < -0.39 is 6.61 Å². The van der Waals surface area contributed by atoms with Crippen molar-refractivity contribution in [2.75, 3.05) is 5.32 Å². The normalized spacial score (nSPS) is 10.6. The maximum absolute atomic E-state index is 12.2. The Labute approximate surface area is 135 Å². The first-order valence-corrected chi connectivity index (χ1v) is 6.94. The molecule has 0 atom stereocenters. The number of nitrogens with zero attached hydrogens (tertiary/aromatic N) is 2. The van der Waals surface area contributed by atoms with Crippen molar-refractivity contribution in [3.8, 4) is 17.1 Å². The van der Waals surface area contributed by atoms with Crippen LogP contribution in [0.5, 0.6) is 5.75 Å². The number of aromatic amines is 1. The summed E-state index contributed by atoms with van der Waals surface area (Å²) >= 11 is 0. The fraction of sp³-hybridized carbons (Fsp3) is 0.0625. The van der Waals surface area contributed by atoms with Gasteiger partial charge in [-0.15, -0.1) is 0 Å². The molecular formula is C16H12F2N4O2. The van der Waals surface area contributed by atoms with Crippen LogP contribution in [0.1, 0.15) is 10.4 Å². The summed E-state index contributed by atoms with van der Waals surface area (Å²) in [4.78, 5) is 16.3. The Kier molecular flexibility index (Phi) is 4.46. The van der Waals surface area contributed by atoms with Crippen molar-refractivity contribution < 1.29 is 18.3 Å². The number of H-pyrrole nitrogens is 1. The molecule has 1 aromatic heterocycles. The Morgan fingerprint density at radius 1 is 1.17 bits per heavy atom. The molecule has 3 aromatic rings. The summed E-state index contributed by atoms with van der Waals surface area (Å²) < 4.78 is 28.5. The first-order valence-electron chi connectivity index (χ1n) is 6.94. The Balaban J connectivity index is 1.72. The van der Waals surface area contributed by atoms with E-state index in [-0.39, 0.29) is 11.7 Å². The number of carbonyl (C=O) groups excluding carboxylic acids is 1. The van der Waals surface area contributed by atoms with Crippen LogP contribution >= 0.6 is 0 Å². The van der Waals surface area contributed by atoms with Gasteiger partial charge in [0.1, 0.15) is 12.1 Å². The van der Waals surface area contributed by atoms with E-state index >= 15 is 0 Å². The van der Waals surface area contributed by atoms with Crippen LogP contribution in [0, 0.1) is 0 Å². The second-order valence-corrected chi connectivity index (χ2v) is 4.77. The van der Waals surface area contributed by atoms with Crippen LogP contribution in [0.15, 0.2) is 54.9 Å². The lowest BCUT2D eigenvalue weighted by Gasteiger charge is -2.08. The molecule has 0 aliphatic carbocycles. The molecule has 2 N–H and O–H groups in total. The zero-order chi connectivity index (χ0) is 16.9. The van der Waals surface area contributed by atoms with Crippen LogP contribution in [0.3, 0.4) is 0 Å². The Bertz CT molecular complexity index is 820. The summed E-state index contributed by atoms with van der Waals surface area (Å²) in [5.41, 5.74) is 1.66. The van der Waals surface area contributed by atoms with E-state index in [0.29, 0.717) is 17.1 Å². The highest BCUT2D eigenvalue weighted by Gasteiger charge is 2.09. The maximum atomic E-state index is 12.2. The molecule has 1 amide bonds. The number of benzene rings is 2. The van der Waals surface area contributed by atoms with E-state index in [9.17, 15) is 13.6 Å². The molecule has 2 aromatic carbocycles. The number of aromatic nitrogens is 3. The number of ether oxygens (including phenoxy) is 1. The zero-order valence-corrected chi connectivity index (χ0v) is 12.2. The molecular weight excluding hydrogens is 318 g/mol. The van der Waals surface area contributed by atoms with Gasteiger partial charge in [-0.3, -0.25) is 9.89 Å². The average molecular weight is 330 g/mol. The number of halogens is 2. The minimum atomic E-state index is -2.90.